The molecule has 0 aromatic heterocycles. The van der Waals surface area contributed by atoms with E-state index >= 15 is 0 Å². The molecule has 0 N–H and O–H groups in total. The van der Waals surface area contributed by atoms with E-state index in [0.29, 0.717) is 10.9 Å². The number of ketones is 1. The number of aryl methyl sites for hydroxylation is 1. The highest BCUT2D eigenvalue weighted by atomic mass is 79.9. The van der Waals surface area contributed by atoms with Crippen molar-refractivity contribution in [2.45, 2.75) is 25.8 Å². The van der Waals surface area contributed by atoms with E-state index in [1.807, 2.05) is 25.1 Å². The molecule has 0 saturated heterocycles. The number of anilines is 1. The Morgan fingerprint density at radius 1 is 1.28 bits per heavy atom. The van der Waals surface area contributed by atoms with Crippen molar-refractivity contribution in [2.75, 3.05) is 4.90 Å². The topological polar surface area (TPSA) is 37.4 Å². The van der Waals surface area contributed by atoms with Gasteiger partial charge in [0, 0.05) is 18.5 Å². The first-order valence-electron chi connectivity index (χ1n) is 5.90. The maximum absolute atomic E-state index is 12.2. The van der Waals surface area contributed by atoms with Gasteiger partial charge in [-0.15, -0.1) is 0 Å². The van der Waals surface area contributed by atoms with Gasteiger partial charge in [0.05, 0.1) is 10.2 Å². The highest BCUT2D eigenvalue weighted by Crippen LogP contribution is 2.38. The molecule has 1 aromatic carbocycles. The first-order valence-corrected chi connectivity index (χ1v) is 6.69. The average molecular weight is 306 g/mol. The molecule has 0 bridgehead atoms. The molecule has 4 heteroatoms. The van der Waals surface area contributed by atoms with Crippen LogP contribution in [0, 0.1) is 6.92 Å². The number of halogens is 1. The summed E-state index contributed by atoms with van der Waals surface area (Å²) in [5.74, 6) is -0.105. The van der Waals surface area contributed by atoms with Gasteiger partial charge in [0.1, 0.15) is 0 Å². The van der Waals surface area contributed by atoms with E-state index in [2.05, 4.69) is 15.9 Å². The maximum Gasteiger partial charge on any atom is 0.252 e. The smallest absolute Gasteiger partial charge is 0.252 e. The normalized spacial score (nSPS) is 22.4. The molecule has 18 heavy (non-hydrogen) atoms. The number of carbonyl (C=O) groups is 2. The van der Waals surface area contributed by atoms with Crippen LogP contribution in [0.15, 0.2) is 28.8 Å². The van der Waals surface area contributed by atoms with Gasteiger partial charge in [0.2, 0.25) is 0 Å². The fourth-order valence-corrected chi connectivity index (χ4v) is 3.14. The zero-order chi connectivity index (χ0) is 12.9. The number of hydrogen-bond acceptors (Lipinski definition) is 2. The van der Waals surface area contributed by atoms with E-state index in [1.165, 1.54) is 6.08 Å². The van der Waals surface area contributed by atoms with Crippen LogP contribution in [0.25, 0.3) is 0 Å². The van der Waals surface area contributed by atoms with Crippen LogP contribution in [-0.2, 0) is 16.0 Å². The lowest BCUT2D eigenvalue weighted by molar-refractivity contribution is -0.115. The summed E-state index contributed by atoms with van der Waals surface area (Å²) in [6.45, 7) is 2.00. The van der Waals surface area contributed by atoms with Crippen molar-refractivity contribution in [1.29, 1.82) is 0 Å². The largest absolute Gasteiger partial charge is 0.304 e. The number of benzene rings is 1. The number of nitrogens with zero attached hydrogens (tertiary/aromatic N) is 1. The summed E-state index contributed by atoms with van der Waals surface area (Å²) in [6.07, 6.45) is 2.55. The maximum atomic E-state index is 12.2. The van der Waals surface area contributed by atoms with E-state index in [9.17, 15) is 9.59 Å². The molecule has 1 atom stereocenters. The molecule has 1 aromatic rings. The molecule has 3 nitrogen and oxygen atoms in total. The van der Waals surface area contributed by atoms with Gasteiger partial charge in [-0.2, -0.15) is 0 Å². The lowest BCUT2D eigenvalue weighted by atomic mass is 10.0. The molecule has 2 aliphatic rings. The predicted molar refractivity (Wildman–Crippen MR) is 72.8 cm³/mol. The molecular weight excluding hydrogens is 294 g/mol. The Hall–Kier alpha value is -1.42. The zero-order valence-corrected chi connectivity index (χ0v) is 11.5. The number of carbonyl (C=O) groups excluding carboxylic acids is 2. The van der Waals surface area contributed by atoms with Crippen LogP contribution in [0.2, 0.25) is 0 Å². The fourth-order valence-electron chi connectivity index (χ4n) is 2.78. The summed E-state index contributed by atoms with van der Waals surface area (Å²) in [5.41, 5.74) is 3.23. The number of rotatable bonds is 0. The van der Waals surface area contributed by atoms with E-state index in [-0.39, 0.29) is 17.7 Å². The minimum absolute atomic E-state index is 0.00121. The Labute approximate surface area is 114 Å². The molecule has 2 heterocycles. The minimum atomic E-state index is -0.106. The lowest BCUT2D eigenvalue weighted by Crippen LogP contribution is -2.36. The van der Waals surface area contributed by atoms with E-state index < -0.39 is 0 Å². The molecule has 1 amide bonds. The summed E-state index contributed by atoms with van der Waals surface area (Å²) in [6, 6.07) is 6.00. The van der Waals surface area contributed by atoms with E-state index in [1.54, 1.807) is 4.90 Å². The SMILES string of the molecule is Cc1cccc2c1N1C(=O)C=C(Br)C(=O)C[C@@H]1C2. The van der Waals surface area contributed by atoms with Gasteiger partial charge in [-0.05, 0) is 40.4 Å². The van der Waals surface area contributed by atoms with Gasteiger partial charge in [0.15, 0.2) is 5.78 Å². The van der Waals surface area contributed by atoms with Crippen LogP contribution in [0.4, 0.5) is 5.69 Å². The Morgan fingerprint density at radius 3 is 2.83 bits per heavy atom. The van der Waals surface area contributed by atoms with Crippen molar-refractivity contribution >= 4 is 33.3 Å². The Bertz CT molecular complexity index is 591. The van der Waals surface area contributed by atoms with Crippen LogP contribution < -0.4 is 4.90 Å². The zero-order valence-electron chi connectivity index (χ0n) is 9.94. The third-order valence-electron chi connectivity index (χ3n) is 3.56. The van der Waals surface area contributed by atoms with Gasteiger partial charge in [-0.1, -0.05) is 18.2 Å². The lowest BCUT2D eigenvalue weighted by Gasteiger charge is -2.23. The summed E-state index contributed by atoms with van der Waals surface area (Å²) < 4.78 is 0.386. The second kappa shape index (κ2) is 4.05. The van der Waals surface area contributed by atoms with E-state index in [4.69, 9.17) is 0 Å². The first-order chi connectivity index (χ1) is 8.58. The Kier molecular flexibility index (Phi) is 2.63. The average Bonchev–Trinajstić information content (AvgIpc) is 2.63. The molecule has 0 fully saturated rings. The third kappa shape index (κ3) is 1.63. The summed E-state index contributed by atoms with van der Waals surface area (Å²) in [4.78, 5) is 25.9. The van der Waals surface area contributed by atoms with Gasteiger partial charge < -0.3 is 4.90 Å². The fraction of sp³-hybridized carbons (Fsp3) is 0.286. The summed E-state index contributed by atoms with van der Waals surface area (Å²) in [5, 5.41) is 0. The summed E-state index contributed by atoms with van der Waals surface area (Å²) >= 11 is 3.17. The van der Waals surface area contributed by atoms with Gasteiger partial charge in [-0.25, -0.2) is 0 Å². The standard InChI is InChI=1S/C14H12BrNO2/c1-8-3-2-4-9-5-10-6-12(17)11(15)7-13(18)16(10)14(8)9/h2-4,7,10H,5-6H2,1H3/t10-/m0/s1. The molecule has 0 radical (unpaired) electrons. The van der Waals surface area contributed by atoms with Crippen LogP contribution in [0.1, 0.15) is 17.5 Å². The molecule has 0 unspecified atom stereocenters. The second-order valence-electron chi connectivity index (χ2n) is 4.77. The van der Waals surface area contributed by atoms with Crippen molar-refractivity contribution in [3.8, 4) is 0 Å². The molecule has 0 aliphatic carbocycles. The molecule has 2 aliphatic heterocycles. The third-order valence-corrected chi connectivity index (χ3v) is 4.23. The van der Waals surface area contributed by atoms with Crippen molar-refractivity contribution in [1.82, 2.24) is 0 Å². The van der Waals surface area contributed by atoms with Crippen LogP contribution in [0.3, 0.4) is 0 Å². The summed E-state index contributed by atoms with van der Waals surface area (Å²) in [7, 11) is 0. The second-order valence-corrected chi connectivity index (χ2v) is 5.62. The van der Waals surface area contributed by atoms with Crippen molar-refractivity contribution < 1.29 is 9.59 Å². The molecule has 0 saturated carbocycles. The number of fused-ring (bicyclic) bond motifs is 3. The number of hydrogen-bond donors (Lipinski definition) is 0. The highest BCUT2D eigenvalue weighted by Gasteiger charge is 2.37. The van der Waals surface area contributed by atoms with Gasteiger partial charge in [-0.3, -0.25) is 9.59 Å². The first kappa shape index (κ1) is 11.7. The highest BCUT2D eigenvalue weighted by molar-refractivity contribution is 9.12. The number of allylic oxidation sites excluding steroid dienone is 1. The minimum Gasteiger partial charge on any atom is -0.304 e. The van der Waals surface area contributed by atoms with Crippen LogP contribution in [-0.4, -0.2) is 17.7 Å². The Morgan fingerprint density at radius 2 is 2.06 bits per heavy atom. The van der Waals surface area contributed by atoms with Crippen LogP contribution in [0.5, 0.6) is 0 Å². The Balaban J connectivity index is 2.13. The van der Waals surface area contributed by atoms with Crippen LogP contribution >= 0.6 is 15.9 Å². The van der Waals surface area contributed by atoms with E-state index in [0.717, 1.165) is 23.2 Å². The quantitative estimate of drug-likeness (QED) is 0.738. The van der Waals surface area contributed by atoms with Crippen molar-refractivity contribution in [3.63, 3.8) is 0 Å². The number of para-hydroxylation sites is 1. The monoisotopic (exact) mass is 305 g/mol. The van der Waals surface area contributed by atoms with Crippen molar-refractivity contribution in [3.05, 3.63) is 39.9 Å². The molecule has 3 rings (SSSR count). The van der Waals surface area contributed by atoms with Crippen molar-refractivity contribution in [2.24, 2.45) is 0 Å². The number of Topliss-reactive ketones (excluding diaryl/α,β-unsaturated/α-hetero) is 1. The molecule has 0 spiro atoms. The van der Waals surface area contributed by atoms with Gasteiger partial charge >= 0.3 is 0 Å². The van der Waals surface area contributed by atoms with Gasteiger partial charge in [0.25, 0.3) is 5.91 Å². The number of amides is 1. The molecule has 92 valence electrons. The predicted octanol–water partition coefficient (Wildman–Crippen LogP) is 2.50. The molecular formula is C14H12BrNO2.